The Hall–Kier alpha value is -1.06. The fourth-order valence-corrected chi connectivity index (χ4v) is 2.37. The van der Waals surface area contributed by atoms with Crippen molar-refractivity contribution in [2.75, 3.05) is 26.8 Å². The van der Waals surface area contributed by atoms with Crippen molar-refractivity contribution in [3.63, 3.8) is 0 Å². The lowest BCUT2D eigenvalue weighted by molar-refractivity contribution is 0.284. The number of aryl methyl sites for hydroxylation is 2. The Kier molecular flexibility index (Phi) is 5.83. The van der Waals surface area contributed by atoms with Crippen LogP contribution in [0.3, 0.4) is 0 Å². The molecular formula is C16H27NO2. The summed E-state index contributed by atoms with van der Waals surface area (Å²) in [5.41, 5.74) is 3.75. The smallest absolute Gasteiger partial charge is 0.124 e. The van der Waals surface area contributed by atoms with E-state index in [1.165, 1.54) is 16.7 Å². The summed E-state index contributed by atoms with van der Waals surface area (Å²) in [6.45, 7) is 10.6. The average Bonchev–Trinajstić information content (AvgIpc) is 2.34. The molecule has 0 fully saturated rings. The third-order valence-corrected chi connectivity index (χ3v) is 3.52. The molecule has 0 aromatic heterocycles. The average molecular weight is 265 g/mol. The maximum Gasteiger partial charge on any atom is 0.124 e. The molecule has 0 unspecified atom stereocenters. The first-order valence-corrected chi connectivity index (χ1v) is 6.89. The highest BCUT2D eigenvalue weighted by atomic mass is 16.5. The summed E-state index contributed by atoms with van der Waals surface area (Å²) in [6, 6.07) is 4.42. The van der Waals surface area contributed by atoms with E-state index in [0.29, 0.717) is 0 Å². The van der Waals surface area contributed by atoms with E-state index in [2.05, 4.69) is 45.1 Å². The van der Waals surface area contributed by atoms with Crippen molar-refractivity contribution >= 4 is 0 Å². The Labute approximate surface area is 117 Å². The molecule has 3 nitrogen and oxygen atoms in total. The molecule has 19 heavy (non-hydrogen) atoms. The van der Waals surface area contributed by atoms with Gasteiger partial charge in [-0.3, -0.25) is 0 Å². The molecule has 0 aliphatic rings. The van der Waals surface area contributed by atoms with Gasteiger partial charge >= 0.3 is 0 Å². The molecule has 0 spiro atoms. The van der Waals surface area contributed by atoms with Gasteiger partial charge in [0.25, 0.3) is 0 Å². The van der Waals surface area contributed by atoms with Crippen LogP contribution in [0.1, 0.15) is 37.0 Å². The third kappa shape index (κ3) is 4.22. The van der Waals surface area contributed by atoms with Gasteiger partial charge in [0.15, 0.2) is 0 Å². The molecule has 0 saturated carbocycles. The van der Waals surface area contributed by atoms with Gasteiger partial charge in [-0.25, -0.2) is 0 Å². The summed E-state index contributed by atoms with van der Waals surface area (Å²) in [6.07, 6.45) is 0.802. The van der Waals surface area contributed by atoms with Crippen molar-refractivity contribution in [3.8, 4) is 5.75 Å². The van der Waals surface area contributed by atoms with Gasteiger partial charge in [0, 0.05) is 18.6 Å². The first-order valence-electron chi connectivity index (χ1n) is 6.89. The van der Waals surface area contributed by atoms with Gasteiger partial charge in [0.05, 0.1) is 7.11 Å². The summed E-state index contributed by atoms with van der Waals surface area (Å²) in [5, 5.41) is 12.2. The van der Waals surface area contributed by atoms with Crippen LogP contribution in [0.5, 0.6) is 5.75 Å². The minimum Gasteiger partial charge on any atom is -0.496 e. The van der Waals surface area contributed by atoms with Crippen LogP contribution >= 0.6 is 0 Å². The number of benzene rings is 1. The van der Waals surface area contributed by atoms with E-state index in [-0.39, 0.29) is 12.0 Å². The number of ether oxygens (including phenoxy) is 1. The molecular weight excluding hydrogens is 238 g/mol. The van der Waals surface area contributed by atoms with Crippen LogP contribution in [-0.2, 0) is 5.41 Å². The Morgan fingerprint density at radius 1 is 1.21 bits per heavy atom. The SMILES string of the molecule is COc1c(C)cc(C(C)(C)CNCCCO)cc1C. The highest BCUT2D eigenvalue weighted by Gasteiger charge is 2.21. The molecule has 0 amide bonds. The topological polar surface area (TPSA) is 41.5 Å². The molecule has 0 heterocycles. The zero-order chi connectivity index (χ0) is 14.5. The largest absolute Gasteiger partial charge is 0.496 e. The Bertz CT molecular complexity index is 390. The molecule has 1 rings (SSSR count). The fraction of sp³-hybridized carbons (Fsp3) is 0.625. The van der Waals surface area contributed by atoms with E-state index in [9.17, 15) is 0 Å². The van der Waals surface area contributed by atoms with Gasteiger partial charge in [-0.05, 0) is 43.5 Å². The Balaban J connectivity index is 2.83. The molecule has 3 heteroatoms. The molecule has 2 N–H and O–H groups in total. The normalized spacial score (nSPS) is 11.7. The van der Waals surface area contributed by atoms with Crippen LogP contribution < -0.4 is 10.1 Å². The van der Waals surface area contributed by atoms with Gasteiger partial charge < -0.3 is 15.2 Å². The molecule has 0 radical (unpaired) electrons. The first-order chi connectivity index (χ1) is 8.92. The molecule has 1 aromatic carbocycles. The van der Waals surface area contributed by atoms with Crippen molar-refractivity contribution in [1.82, 2.24) is 5.32 Å². The summed E-state index contributed by atoms with van der Waals surface area (Å²) >= 11 is 0. The Morgan fingerprint density at radius 3 is 2.26 bits per heavy atom. The number of methoxy groups -OCH3 is 1. The van der Waals surface area contributed by atoms with Crippen LogP contribution in [0.25, 0.3) is 0 Å². The lowest BCUT2D eigenvalue weighted by Crippen LogP contribution is -2.33. The van der Waals surface area contributed by atoms with Crippen molar-refractivity contribution < 1.29 is 9.84 Å². The second-order valence-electron chi connectivity index (χ2n) is 5.78. The summed E-state index contributed by atoms with van der Waals surface area (Å²) in [7, 11) is 1.72. The first kappa shape index (κ1) is 16.0. The molecule has 0 aliphatic heterocycles. The molecule has 0 atom stereocenters. The predicted molar refractivity (Wildman–Crippen MR) is 80.1 cm³/mol. The predicted octanol–water partition coefficient (Wildman–Crippen LogP) is 2.56. The summed E-state index contributed by atoms with van der Waals surface area (Å²) < 4.78 is 5.41. The van der Waals surface area contributed by atoms with Crippen molar-refractivity contribution in [2.24, 2.45) is 0 Å². The van der Waals surface area contributed by atoms with E-state index in [1.54, 1.807) is 7.11 Å². The number of aliphatic hydroxyl groups is 1. The van der Waals surface area contributed by atoms with Crippen molar-refractivity contribution in [1.29, 1.82) is 0 Å². The second kappa shape index (κ2) is 6.92. The van der Waals surface area contributed by atoms with Gasteiger partial charge in [-0.15, -0.1) is 0 Å². The van der Waals surface area contributed by atoms with Gasteiger partial charge in [0.2, 0.25) is 0 Å². The van der Waals surface area contributed by atoms with Crippen LogP contribution in [-0.4, -0.2) is 31.9 Å². The maximum atomic E-state index is 8.79. The molecule has 108 valence electrons. The molecule has 0 aliphatic carbocycles. The van der Waals surface area contributed by atoms with Gasteiger partial charge in [-0.2, -0.15) is 0 Å². The zero-order valence-electron chi connectivity index (χ0n) is 12.8. The van der Waals surface area contributed by atoms with Crippen LogP contribution in [0, 0.1) is 13.8 Å². The van der Waals surface area contributed by atoms with Gasteiger partial charge in [-0.1, -0.05) is 26.0 Å². The lowest BCUT2D eigenvalue weighted by Gasteiger charge is -2.27. The monoisotopic (exact) mass is 265 g/mol. The van der Waals surface area contributed by atoms with Gasteiger partial charge in [0.1, 0.15) is 5.75 Å². The molecule has 0 saturated heterocycles. The minimum absolute atomic E-state index is 0.0667. The summed E-state index contributed by atoms with van der Waals surface area (Å²) in [4.78, 5) is 0. The molecule has 1 aromatic rings. The van der Waals surface area contributed by atoms with Crippen LogP contribution in [0.2, 0.25) is 0 Å². The fourth-order valence-electron chi connectivity index (χ4n) is 2.37. The van der Waals surface area contributed by atoms with Crippen molar-refractivity contribution in [3.05, 3.63) is 28.8 Å². The van der Waals surface area contributed by atoms with E-state index >= 15 is 0 Å². The molecule has 0 bridgehead atoms. The van der Waals surface area contributed by atoms with E-state index in [0.717, 1.165) is 25.3 Å². The minimum atomic E-state index is 0.0667. The second-order valence-corrected chi connectivity index (χ2v) is 5.78. The van der Waals surface area contributed by atoms with Crippen LogP contribution in [0.15, 0.2) is 12.1 Å². The maximum absolute atomic E-state index is 8.79. The number of aliphatic hydroxyl groups excluding tert-OH is 1. The highest BCUT2D eigenvalue weighted by molar-refractivity contribution is 5.45. The van der Waals surface area contributed by atoms with E-state index in [1.807, 2.05) is 0 Å². The number of hydrogen-bond donors (Lipinski definition) is 2. The van der Waals surface area contributed by atoms with Crippen LogP contribution in [0.4, 0.5) is 0 Å². The lowest BCUT2D eigenvalue weighted by atomic mass is 9.82. The Morgan fingerprint density at radius 2 is 1.79 bits per heavy atom. The number of nitrogens with one attached hydrogen (secondary N) is 1. The summed E-state index contributed by atoms with van der Waals surface area (Å²) in [5.74, 6) is 0.979. The quantitative estimate of drug-likeness (QED) is 0.745. The zero-order valence-corrected chi connectivity index (χ0v) is 12.8. The highest BCUT2D eigenvalue weighted by Crippen LogP contribution is 2.30. The third-order valence-electron chi connectivity index (χ3n) is 3.52. The standard InChI is InChI=1S/C16H27NO2/c1-12-9-14(10-13(2)15(12)19-5)16(3,4)11-17-7-6-8-18/h9-10,17-18H,6-8,11H2,1-5H3. The van der Waals surface area contributed by atoms with E-state index < -0.39 is 0 Å². The van der Waals surface area contributed by atoms with Crippen molar-refractivity contribution in [2.45, 2.75) is 39.5 Å². The number of rotatable bonds is 7. The van der Waals surface area contributed by atoms with E-state index in [4.69, 9.17) is 9.84 Å². The number of hydrogen-bond acceptors (Lipinski definition) is 3.